The van der Waals surface area contributed by atoms with Gasteiger partial charge >= 0.3 is 0 Å². The minimum atomic E-state index is 0.610. The molecule has 0 unspecified atom stereocenters. The first kappa shape index (κ1) is 28.7. The molecule has 2 heterocycles. The number of hydrogen-bond donors (Lipinski definition) is 0. The van der Waals surface area contributed by atoms with Crippen molar-refractivity contribution in [2.75, 3.05) is 0 Å². The molecule has 49 heavy (non-hydrogen) atoms. The van der Waals surface area contributed by atoms with Crippen molar-refractivity contribution in [1.29, 1.82) is 0 Å². The van der Waals surface area contributed by atoms with Gasteiger partial charge in [-0.05, 0) is 76.0 Å². The Bertz CT molecular complexity index is 2660. The van der Waals surface area contributed by atoms with Crippen molar-refractivity contribution in [1.82, 2.24) is 19.9 Å². The highest BCUT2D eigenvalue weighted by atomic mass is 15.0. The van der Waals surface area contributed by atoms with Crippen LogP contribution >= 0.6 is 0 Å². The molecule has 7 aromatic carbocycles. The van der Waals surface area contributed by atoms with Crippen molar-refractivity contribution >= 4 is 32.4 Å². The largest absolute Gasteiger partial charge is 0.248 e. The van der Waals surface area contributed by atoms with Gasteiger partial charge in [-0.1, -0.05) is 133 Å². The van der Waals surface area contributed by atoms with E-state index in [9.17, 15) is 0 Å². The first-order chi connectivity index (χ1) is 24.2. The van der Waals surface area contributed by atoms with E-state index >= 15 is 0 Å². The number of aromatic nitrogens is 4. The summed E-state index contributed by atoms with van der Waals surface area (Å²) in [5.74, 6) is 1.88. The zero-order chi connectivity index (χ0) is 32.7. The van der Waals surface area contributed by atoms with Crippen LogP contribution < -0.4 is 0 Å². The molecular weight excluding hydrogens is 597 g/mol. The SMILES string of the molecule is Cc1ccc(-c2nc(-c3ccccc3)nc(-c3cc(-c4ccc5ccccc5n4)cc(-c4cc5ccccc5c5ccccc45)c3)n2)cc1. The Balaban J connectivity index is 1.32. The van der Waals surface area contributed by atoms with Crippen LogP contribution in [-0.4, -0.2) is 19.9 Å². The fourth-order valence-electron chi connectivity index (χ4n) is 6.63. The minimum Gasteiger partial charge on any atom is -0.248 e. The zero-order valence-corrected chi connectivity index (χ0v) is 26.9. The van der Waals surface area contributed by atoms with Gasteiger partial charge in [0.2, 0.25) is 0 Å². The lowest BCUT2D eigenvalue weighted by atomic mass is 9.91. The standard InChI is InChI=1S/C45H30N4/c1-29-19-21-32(22-20-29)44-47-43(31-12-3-2-4-13-31)48-45(49-44)36-26-34(25-35(27-36)42-24-23-30-11-6-10-18-41(30)46-42)40-28-33-14-5-7-15-37(33)38-16-8-9-17-39(38)40/h2-28H,1H3. The van der Waals surface area contributed by atoms with E-state index in [-0.39, 0.29) is 0 Å². The third kappa shape index (κ3) is 5.39. The van der Waals surface area contributed by atoms with Gasteiger partial charge in [-0.3, -0.25) is 0 Å². The fraction of sp³-hybridized carbons (Fsp3) is 0.0222. The number of hydrogen-bond acceptors (Lipinski definition) is 4. The molecule has 0 aliphatic carbocycles. The average Bonchev–Trinajstić information content (AvgIpc) is 3.17. The molecule has 0 radical (unpaired) electrons. The second-order valence-electron chi connectivity index (χ2n) is 12.4. The number of fused-ring (bicyclic) bond motifs is 4. The lowest BCUT2D eigenvalue weighted by molar-refractivity contribution is 1.07. The Morgan fingerprint density at radius 1 is 0.347 bits per heavy atom. The van der Waals surface area contributed by atoms with Gasteiger partial charge in [-0.25, -0.2) is 19.9 Å². The molecule has 0 saturated carbocycles. The zero-order valence-electron chi connectivity index (χ0n) is 26.9. The molecule has 0 N–H and O–H groups in total. The molecular formula is C45H30N4. The summed E-state index contributed by atoms with van der Waals surface area (Å²) in [6, 6.07) is 57.1. The predicted octanol–water partition coefficient (Wildman–Crippen LogP) is 11.4. The number of benzene rings is 7. The summed E-state index contributed by atoms with van der Waals surface area (Å²) >= 11 is 0. The lowest BCUT2D eigenvalue weighted by Gasteiger charge is -2.15. The molecule has 0 spiro atoms. The van der Waals surface area contributed by atoms with Crippen molar-refractivity contribution in [2.24, 2.45) is 0 Å². The van der Waals surface area contributed by atoms with E-state index < -0.39 is 0 Å². The van der Waals surface area contributed by atoms with Crippen molar-refractivity contribution < 1.29 is 0 Å². The van der Waals surface area contributed by atoms with Crippen molar-refractivity contribution in [3.8, 4) is 56.5 Å². The first-order valence-corrected chi connectivity index (χ1v) is 16.5. The Morgan fingerprint density at radius 3 is 1.69 bits per heavy atom. The van der Waals surface area contributed by atoms with Crippen molar-refractivity contribution in [2.45, 2.75) is 6.92 Å². The van der Waals surface area contributed by atoms with E-state index in [0.29, 0.717) is 17.5 Å². The number of rotatable bonds is 5. The number of aryl methyl sites for hydroxylation is 1. The van der Waals surface area contributed by atoms with Crippen molar-refractivity contribution in [3.05, 3.63) is 169 Å². The summed E-state index contributed by atoms with van der Waals surface area (Å²) in [5, 5.41) is 5.95. The summed E-state index contributed by atoms with van der Waals surface area (Å²) in [4.78, 5) is 20.3. The van der Waals surface area contributed by atoms with Crippen LogP contribution in [0.2, 0.25) is 0 Å². The smallest absolute Gasteiger partial charge is 0.164 e. The molecule has 0 saturated heterocycles. The molecule has 0 atom stereocenters. The van der Waals surface area contributed by atoms with E-state index in [1.807, 2.05) is 42.5 Å². The highest BCUT2D eigenvalue weighted by molar-refractivity contribution is 6.14. The Kier molecular flexibility index (Phi) is 6.98. The summed E-state index contributed by atoms with van der Waals surface area (Å²) in [6.45, 7) is 2.09. The number of pyridine rings is 1. The number of nitrogens with zero attached hydrogens (tertiary/aromatic N) is 4. The van der Waals surface area contributed by atoms with Crippen LogP contribution in [0.1, 0.15) is 5.56 Å². The third-order valence-corrected chi connectivity index (χ3v) is 9.14. The van der Waals surface area contributed by atoms with Gasteiger partial charge < -0.3 is 0 Å². The van der Waals surface area contributed by atoms with E-state index in [0.717, 1.165) is 50.0 Å². The molecule has 0 aliphatic rings. The minimum absolute atomic E-state index is 0.610. The average molecular weight is 627 g/mol. The van der Waals surface area contributed by atoms with Crippen molar-refractivity contribution in [3.63, 3.8) is 0 Å². The van der Waals surface area contributed by atoms with E-state index in [1.165, 1.54) is 27.1 Å². The molecule has 230 valence electrons. The van der Waals surface area contributed by atoms with Crippen LogP contribution in [0.25, 0.3) is 89.0 Å². The molecule has 4 heteroatoms. The van der Waals surface area contributed by atoms with Gasteiger partial charge in [0.1, 0.15) is 0 Å². The molecule has 0 aliphatic heterocycles. The molecule has 2 aromatic heterocycles. The first-order valence-electron chi connectivity index (χ1n) is 16.5. The second kappa shape index (κ2) is 11.9. The van der Waals surface area contributed by atoms with E-state index in [1.54, 1.807) is 0 Å². The quantitative estimate of drug-likeness (QED) is 0.178. The summed E-state index contributed by atoms with van der Waals surface area (Å²) < 4.78 is 0. The van der Waals surface area contributed by atoms with Gasteiger partial charge in [-0.2, -0.15) is 0 Å². The highest BCUT2D eigenvalue weighted by Gasteiger charge is 2.17. The van der Waals surface area contributed by atoms with Crippen LogP contribution in [0.3, 0.4) is 0 Å². The molecule has 9 aromatic rings. The molecule has 4 nitrogen and oxygen atoms in total. The molecule has 0 fully saturated rings. The Hall–Kier alpha value is -6.52. The Morgan fingerprint density at radius 2 is 0.918 bits per heavy atom. The normalized spacial score (nSPS) is 11.4. The van der Waals surface area contributed by atoms with Crippen LogP contribution in [-0.2, 0) is 0 Å². The van der Waals surface area contributed by atoms with Crippen LogP contribution in [0, 0.1) is 6.92 Å². The highest BCUT2D eigenvalue weighted by Crippen LogP contribution is 2.39. The molecule has 0 bridgehead atoms. The predicted molar refractivity (Wildman–Crippen MR) is 202 cm³/mol. The van der Waals surface area contributed by atoms with Gasteiger partial charge in [0, 0.05) is 27.6 Å². The molecule has 0 amide bonds. The monoisotopic (exact) mass is 626 g/mol. The third-order valence-electron chi connectivity index (χ3n) is 9.14. The van der Waals surface area contributed by atoms with Gasteiger partial charge in [-0.15, -0.1) is 0 Å². The fourth-order valence-corrected chi connectivity index (χ4v) is 6.63. The summed E-state index contributed by atoms with van der Waals surface area (Å²) in [5.41, 5.74) is 9.02. The number of para-hydroxylation sites is 1. The maximum Gasteiger partial charge on any atom is 0.164 e. The topological polar surface area (TPSA) is 51.6 Å². The summed E-state index contributed by atoms with van der Waals surface area (Å²) in [7, 11) is 0. The summed E-state index contributed by atoms with van der Waals surface area (Å²) in [6.07, 6.45) is 0. The van der Waals surface area contributed by atoms with E-state index in [4.69, 9.17) is 19.9 Å². The lowest BCUT2D eigenvalue weighted by Crippen LogP contribution is -2.01. The Labute approximate surface area is 284 Å². The van der Waals surface area contributed by atoms with Crippen LogP contribution in [0.15, 0.2) is 164 Å². The maximum absolute atomic E-state index is 5.12. The maximum atomic E-state index is 5.12. The van der Waals surface area contributed by atoms with E-state index in [2.05, 4.69) is 128 Å². The molecule has 9 rings (SSSR count). The van der Waals surface area contributed by atoms with Crippen LogP contribution in [0.4, 0.5) is 0 Å². The van der Waals surface area contributed by atoms with Gasteiger partial charge in [0.05, 0.1) is 11.2 Å². The van der Waals surface area contributed by atoms with Gasteiger partial charge in [0.15, 0.2) is 17.5 Å². The van der Waals surface area contributed by atoms with Gasteiger partial charge in [0.25, 0.3) is 0 Å². The van der Waals surface area contributed by atoms with Crippen LogP contribution in [0.5, 0.6) is 0 Å². The second-order valence-corrected chi connectivity index (χ2v) is 12.4.